The fourth-order valence-corrected chi connectivity index (χ4v) is 2.97. The topological polar surface area (TPSA) is 61.7 Å². The van der Waals surface area contributed by atoms with E-state index in [4.69, 9.17) is 16.3 Å². The van der Waals surface area contributed by atoms with Gasteiger partial charge in [0.05, 0.1) is 0 Å². The minimum Gasteiger partial charge on any atom is -0.491 e. The normalized spacial score (nSPS) is 23.2. The summed E-state index contributed by atoms with van der Waals surface area (Å²) in [7, 11) is 0. The zero-order valence-electron chi connectivity index (χ0n) is 12.2. The van der Waals surface area contributed by atoms with Crippen LogP contribution in [-0.4, -0.2) is 42.6 Å². The van der Waals surface area contributed by atoms with E-state index in [1.54, 1.807) is 24.3 Å². The van der Waals surface area contributed by atoms with Crippen molar-refractivity contribution in [2.75, 3.05) is 26.3 Å². The third-order valence-corrected chi connectivity index (χ3v) is 4.35. The van der Waals surface area contributed by atoms with Crippen molar-refractivity contribution in [2.45, 2.75) is 25.4 Å². The maximum absolute atomic E-state index is 9.90. The number of rotatable bonds is 8. The highest BCUT2D eigenvalue weighted by Gasteiger charge is 2.26. The lowest BCUT2D eigenvalue weighted by Gasteiger charge is -2.19. The molecule has 118 valence electrons. The van der Waals surface area contributed by atoms with Crippen molar-refractivity contribution in [1.82, 2.24) is 5.32 Å². The van der Waals surface area contributed by atoms with E-state index in [1.165, 1.54) is 6.42 Å². The Bertz CT molecular complexity index is 412. The first-order chi connectivity index (χ1) is 10.2. The number of hydrogen-bond acceptors (Lipinski definition) is 4. The average Bonchev–Trinajstić information content (AvgIpc) is 2.94. The molecule has 0 heterocycles. The summed E-state index contributed by atoms with van der Waals surface area (Å²) in [6.07, 6.45) is 2.93. The van der Waals surface area contributed by atoms with Gasteiger partial charge in [-0.15, -0.1) is 0 Å². The summed E-state index contributed by atoms with van der Waals surface area (Å²) in [5.41, 5.74) is 0. The zero-order chi connectivity index (χ0) is 15.1. The molecule has 1 aliphatic carbocycles. The summed E-state index contributed by atoms with van der Waals surface area (Å²) in [4.78, 5) is 0. The van der Waals surface area contributed by atoms with Crippen LogP contribution in [0.25, 0.3) is 0 Å². The van der Waals surface area contributed by atoms with Crippen LogP contribution in [-0.2, 0) is 0 Å². The maximum atomic E-state index is 9.90. The third-order valence-electron chi connectivity index (χ3n) is 4.09. The van der Waals surface area contributed by atoms with Gasteiger partial charge in [-0.3, -0.25) is 0 Å². The molecular weight excluding hydrogens is 290 g/mol. The van der Waals surface area contributed by atoms with Gasteiger partial charge in [-0.05, 0) is 55.5 Å². The molecule has 21 heavy (non-hydrogen) atoms. The monoisotopic (exact) mass is 313 g/mol. The second-order valence-corrected chi connectivity index (χ2v) is 6.15. The maximum Gasteiger partial charge on any atom is 0.119 e. The molecule has 5 heteroatoms. The van der Waals surface area contributed by atoms with Crippen LogP contribution in [0, 0.1) is 11.8 Å². The van der Waals surface area contributed by atoms with Crippen molar-refractivity contribution in [3.05, 3.63) is 29.3 Å². The minimum absolute atomic E-state index is 0.253. The van der Waals surface area contributed by atoms with Crippen LogP contribution in [0.5, 0.6) is 5.75 Å². The second kappa shape index (κ2) is 8.59. The molecule has 0 amide bonds. The average molecular weight is 314 g/mol. The van der Waals surface area contributed by atoms with E-state index in [1.807, 2.05) is 0 Å². The van der Waals surface area contributed by atoms with Crippen LogP contribution in [0.15, 0.2) is 24.3 Å². The Morgan fingerprint density at radius 2 is 1.95 bits per heavy atom. The van der Waals surface area contributed by atoms with E-state index >= 15 is 0 Å². The molecule has 1 aromatic rings. The molecular formula is C16H24ClNO3. The first kappa shape index (κ1) is 16.6. The summed E-state index contributed by atoms with van der Waals surface area (Å²) >= 11 is 5.80. The second-order valence-electron chi connectivity index (χ2n) is 5.71. The van der Waals surface area contributed by atoms with Gasteiger partial charge in [-0.25, -0.2) is 0 Å². The van der Waals surface area contributed by atoms with Crippen LogP contribution in [0.2, 0.25) is 5.02 Å². The van der Waals surface area contributed by atoms with Gasteiger partial charge < -0.3 is 20.3 Å². The largest absolute Gasteiger partial charge is 0.491 e. The van der Waals surface area contributed by atoms with Crippen LogP contribution in [0.4, 0.5) is 0 Å². The lowest BCUT2D eigenvalue weighted by molar-refractivity contribution is 0.104. The van der Waals surface area contributed by atoms with Crippen molar-refractivity contribution < 1.29 is 14.9 Å². The van der Waals surface area contributed by atoms with Crippen molar-refractivity contribution in [3.63, 3.8) is 0 Å². The number of halogens is 1. The van der Waals surface area contributed by atoms with Crippen LogP contribution < -0.4 is 10.1 Å². The predicted molar refractivity (Wildman–Crippen MR) is 83.7 cm³/mol. The van der Waals surface area contributed by atoms with Gasteiger partial charge in [-0.1, -0.05) is 18.0 Å². The number of aliphatic hydroxyl groups excluding tert-OH is 2. The fourth-order valence-electron chi connectivity index (χ4n) is 2.84. The molecule has 0 aromatic heterocycles. The SMILES string of the molecule is OCC1CCCC1CNCC(O)COc1ccc(Cl)cc1. The molecule has 2 rings (SSSR count). The molecule has 3 atom stereocenters. The number of ether oxygens (including phenoxy) is 1. The summed E-state index contributed by atoms with van der Waals surface area (Å²) < 4.78 is 5.50. The van der Waals surface area contributed by atoms with Gasteiger partial charge in [0.1, 0.15) is 18.5 Å². The van der Waals surface area contributed by atoms with E-state index in [0.29, 0.717) is 29.2 Å². The van der Waals surface area contributed by atoms with Gasteiger partial charge in [-0.2, -0.15) is 0 Å². The summed E-state index contributed by atoms with van der Waals surface area (Å²) in [5.74, 6) is 1.65. The highest BCUT2D eigenvalue weighted by atomic mass is 35.5. The minimum atomic E-state index is -0.547. The lowest BCUT2D eigenvalue weighted by Crippen LogP contribution is -2.35. The van der Waals surface area contributed by atoms with Gasteiger partial charge in [0, 0.05) is 18.2 Å². The molecule has 3 N–H and O–H groups in total. The van der Waals surface area contributed by atoms with Gasteiger partial charge in [0.15, 0.2) is 0 Å². The molecule has 1 fully saturated rings. The van der Waals surface area contributed by atoms with Crippen LogP contribution >= 0.6 is 11.6 Å². The standard InChI is InChI=1S/C16H24ClNO3/c17-14-4-6-16(7-5-14)21-11-15(20)9-18-8-12-2-1-3-13(12)10-19/h4-7,12-13,15,18-20H,1-3,8-11H2. The molecule has 1 aliphatic rings. The Hall–Kier alpha value is -0.810. The Labute approximate surface area is 131 Å². The quantitative estimate of drug-likeness (QED) is 0.687. The third kappa shape index (κ3) is 5.47. The number of benzene rings is 1. The summed E-state index contributed by atoms with van der Waals surface area (Å²) in [6, 6.07) is 7.09. The molecule has 1 aromatic carbocycles. The van der Waals surface area contributed by atoms with Gasteiger partial charge in [0.2, 0.25) is 0 Å². The van der Waals surface area contributed by atoms with E-state index in [2.05, 4.69) is 5.32 Å². The molecule has 0 aliphatic heterocycles. The first-order valence-corrected chi connectivity index (χ1v) is 7.95. The number of nitrogens with one attached hydrogen (secondary N) is 1. The predicted octanol–water partition coefficient (Wildman–Crippen LogP) is 2.08. The van der Waals surface area contributed by atoms with Crippen molar-refractivity contribution >= 4 is 11.6 Å². The Balaban J connectivity index is 1.61. The molecule has 3 unspecified atom stereocenters. The highest BCUT2D eigenvalue weighted by Crippen LogP contribution is 2.30. The summed E-state index contributed by atoms with van der Waals surface area (Å²) in [5, 5.41) is 23.1. The molecule has 0 radical (unpaired) electrons. The number of hydrogen-bond donors (Lipinski definition) is 3. The van der Waals surface area contributed by atoms with E-state index in [-0.39, 0.29) is 13.2 Å². The molecule has 4 nitrogen and oxygen atoms in total. The van der Waals surface area contributed by atoms with Crippen molar-refractivity contribution in [3.8, 4) is 5.75 Å². The zero-order valence-corrected chi connectivity index (χ0v) is 12.9. The fraction of sp³-hybridized carbons (Fsp3) is 0.625. The van der Waals surface area contributed by atoms with Crippen LogP contribution in [0.3, 0.4) is 0 Å². The smallest absolute Gasteiger partial charge is 0.119 e. The highest BCUT2D eigenvalue weighted by molar-refractivity contribution is 6.30. The van der Waals surface area contributed by atoms with E-state index < -0.39 is 6.10 Å². The van der Waals surface area contributed by atoms with E-state index in [0.717, 1.165) is 19.4 Å². The Kier molecular flexibility index (Phi) is 6.77. The number of aliphatic hydroxyl groups is 2. The molecule has 0 spiro atoms. The van der Waals surface area contributed by atoms with Gasteiger partial charge in [0.25, 0.3) is 0 Å². The van der Waals surface area contributed by atoms with E-state index in [9.17, 15) is 10.2 Å². The molecule has 1 saturated carbocycles. The van der Waals surface area contributed by atoms with Crippen molar-refractivity contribution in [1.29, 1.82) is 0 Å². The first-order valence-electron chi connectivity index (χ1n) is 7.57. The summed E-state index contributed by atoms with van der Waals surface area (Å²) in [6.45, 7) is 1.88. The molecule has 0 bridgehead atoms. The van der Waals surface area contributed by atoms with Gasteiger partial charge >= 0.3 is 0 Å². The lowest BCUT2D eigenvalue weighted by atomic mass is 9.97. The Morgan fingerprint density at radius 1 is 1.24 bits per heavy atom. The molecule has 0 saturated heterocycles. The van der Waals surface area contributed by atoms with Crippen molar-refractivity contribution in [2.24, 2.45) is 11.8 Å². The Morgan fingerprint density at radius 3 is 2.67 bits per heavy atom. The van der Waals surface area contributed by atoms with Crippen LogP contribution in [0.1, 0.15) is 19.3 Å².